The van der Waals surface area contributed by atoms with E-state index in [2.05, 4.69) is 47.3 Å². The van der Waals surface area contributed by atoms with Crippen LogP contribution in [-0.2, 0) is 10.3 Å². The summed E-state index contributed by atoms with van der Waals surface area (Å²) >= 11 is 0. The zero-order chi connectivity index (χ0) is 20.3. The molecule has 0 unspecified atom stereocenters. The normalized spacial score (nSPS) is 17.4. The van der Waals surface area contributed by atoms with Gasteiger partial charge in [0.25, 0.3) is 0 Å². The standard InChI is InChI=1S/C20H30N6O2/c1-5-20(2,3)26-19(22-23-24-26)17(15-8-6-7-9-16(15)28-4)25-12-10-14(11-13-25)18(21)27/h6-9,14,17H,5,10-13H2,1-4H3,(H2,21,27)/t17-/m0/s1. The summed E-state index contributed by atoms with van der Waals surface area (Å²) in [5, 5.41) is 12.7. The quantitative estimate of drug-likeness (QED) is 0.782. The third kappa shape index (κ3) is 3.87. The van der Waals surface area contributed by atoms with Gasteiger partial charge in [-0.25, -0.2) is 4.68 Å². The minimum Gasteiger partial charge on any atom is -0.496 e. The molecular formula is C20H30N6O2. The van der Waals surface area contributed by atoms with Gasteiger partial charge in [-0.2, -0.15) is 0 Å². The number of likely N-dealkylation sites (tertiary alicyclic amines) is 1. The maximum Gasteiger partial charge on any atom is 0.220 e. The lowest BCUT2D eigenvalue weighted by atomic mass is 9.92. The van der Waals surface area contributed by atoms with Crippen molar-refractivity contribution in [1.82, 2.24) is 25.1 Å². The molecule has 1 aromatic heterocycles. The minimum absolute atomic E-state index is 0.0716. The van der Waals surface area contributed by atoms with Crippen molar-refractivity contribution in [2.45, 2.75) is 51.6 Å². The lowest BCUT2D eigenvalue weighted by Gasteiger charge is -2.38. The zero-order valence-corrected chi connectivity index (χ0v) is 17.1. The highest BCUT2D eigenvalue weighted by Crippen LogP contribution is 2.37. The van der Waals surface area contributed by atoms with Crippen molar-refractivity contribution in [3.63, 3.8) is 0 Å². The molecule has 2 heterocycles. The van der Waals surface area contributed by atoms with Crippen LogP contribution >= 0.6 is 0 Å². The van der Waals surface area contributed by atoms with E-state index >= 15 is 0 Å². The third-order valence-corrected chi connectivity index (χ3v) is 5.91. The fraction of sp³-hybridized carbons (Fsp3) is 0.600. The minimum atomic E-state index is -0.218. The van der Waals surface area contributed by atoms with Gasteiger partial charge in [-0.3, -0.25) is 9.69 Å². The van der Waals surface area contributed by atoms with Crippen LogP contribution in [0.2, 0.25) is 0 Å². The van der Waals surface area contributed by atoms with Crippen molar-refractivity contribution in [3.05, 3.63) is 35.7 Å². The van der Waals surface area contributed by atoms with E-state index in [1.807, 2.05) is 22.9 Å². The molecule has 152 valence electrons. The van der Waals surface area contributed by atoms with Crippen LogP contribution in [0, 0.1) is 5.92 Å². The van der Waals surface area contributed by atoms with Crippen molar-refractivity contribution >= 4 is 5.91 Å². The van der Waals surface area contributed by atoms with E-state index < -0.39 is 0 Å². The number of nitrogens with zero attached hydrogens (tertiary/aromatic N) is 5. The van der Waals surface area contributed by atoms with E-state index in [0.29, 0.717) is 0 Å². The van der Waals surface area contributed by atoms with E-state index in [9.17, 15) is 4.79 Å². The first-order valence-corrected chi connectivity index (χ1v) is 9.84. The highest BCUT2D eigenvalue weighted by atomic mass is 16.5. The maximum atomic E-state index is 11.6. The Balaban J connectivity index is 2.05. The number of methoxy groups -OCH3 is 1. The Labute approximate surface area is 166 Å². The molecule has 1 fully saturated rings. The molecule has 2 N–H and O–H groups in total. The van der Waals surface area contributed by atoms with Crippen molar-refractivity contribution in [1.29, 1.82) is 0 Å². The summed E-state index contributed by atoms with van der Waals surface area (Å²) in [6, 6.07) is 7.81. The summed E-state index contributed by atoms with van der Waals surface area (Å²) in [5.41, 5.74) is 6.33. The molecule has 0 aliphatic carbocycles. The maximum absolute atomic E-state index is 11.6. The summed E-state index contributed by atoms with van der Waals surface area (Å²) in [4.78, 5) is 13.9. The Kier molecular flexibility index (Phi) is 5.98. The average Bonchev–Trinajstić information content (AvgIpc) is 3.19. The molecule has 3 rings (SSSR count). The van der Waals surface area contributed by atoms with E-state index in [0.717, 1.165) is 49.5 Å². The number of primary amides is 1. The number of benzene rings is 1. The lowest BCUT2D eigenvalue weighted by Crippen LogP contribution is -2.42. The van der Waals surface area contributed by atoms with Gasteiger partial charge in [0.1, 0.15) is 11.8 Å². The molecule has 1 aliphatic rings. The summed E-state index contributed by atoms with van der Waals surface area (Å²) in [5.74, 6) is 1.30. The van der Waals surface area contributed by atoms with Gasteiger partial charge in [-0.1, -0.05) is 25.1 Å². The van der Waals surface area contributed by atoms with Gasteiger partial charge in [0.2, 0.25) is 5.91 Å². The number of rotatable bonds is 7. The molecule has 0 bridgehead atoms. The van der Waals surface area contributed by atoms with Gasteiger partial charge >= 0.3 is 0 Å². The van der Waals surface area contributed by atoms with Gasteiger partial charge in [-0.05, 0) is 62.7 Å². The number of carbonyl (C=O) groups is 1. The largest absolute Gasteiger partial charge is 0.496 e. The van der Waals surface area contributed by atoms with Crippen LogP contribution in [0.1, 0.15) is 57.5 Å². The predicted octanol–water partition coefficient (Wildman–Crippen LogP) is 2.11. The first-order valence-electron chi connectivity index (χ1n) is 9.84. The molecule has 1 atom stereocenters. The summed E-state index contributed by atoms with van der Waals surface area (Å²) < 4.78 is 7.57. The molecule has 1 aromatic carbocycles. The number of piperidine rings is 1. The van der Waals surface area contributed by atoms with Crippen LogP contribution in [0.25, 0.3) is 0 Å². The van der Waals surface area contributed by atoms with Crippen molar-refractivity contribution in [2.24, 2.45) is 11.7 Å². The zero-order valence-electron chi connectivity index (χ0n) is 17.1. The molecule has 2 aromatic rings. The van der Waals surface area contributed by atoms with Gasteiger partial charge in [0, 0.05) is 11.5 Å². The second kappa shape index (κ2) is 8.26. The average molecular weight is 387 g/mol. The third-order valence-electron chi connectivity index (χ3n) is 5.91. The van der Waals surface area contributed by atoms with Crippen LogP contribution in [-0.4, -0.2) is 51.2 Å². The van der Waals surface area contributed by atoms with Crippen molar-refractivity contribution in [2.75, 3.05) is 20.2 Å². The van der Waals surface area contributed by atoms with E-state index in [-0.39, 0.29) is 23.4 Å². The van der Waals surface area contributed by atoms with E-state index in [1.165, 1.54) is 0 Å². The number of carbonyl (C=O) groups excluding carboxylic acids is 1. The highest BCUT2D eigenvalue weighted by molar-refractivity contribution is 5.76. The summed E-state index contributed by atoms with van der Waals surface area (Å²) in [7, 11) is 1.67. The molecule has 0 saturated carbocycles. The predicted molar refractivity (Wildman–Crippen MR) is 106 cm³/mol. The summed E-state index contributed by atoms with van der Waals surface area (Å²) in [6.45, 7) is 7.88. The Morgan fingerprint density at radius 3 is 2.61 bits per heavy atom. The Bertz CT molecular complexity index is 811. The fourth-order valence-electron chi connectivity index (χ4n) is 3.78. The van der Waals surface area contributed by atoms with Gasteiger partial charge in [0.15, 0.2) is 5.82 Å². The second-order valence-corrected chi connectivity index (χ2v) is 7.97. The number of ether oxygens (including phenoxy) is 1. The van der Waals surface area contributed by atoms with Crippen molar-refractivity contribution in [3.8, 4) is 5.75 Å². The molecule has 1 amide bonds. The molecule has 1 aliphatic heterocycles. The molecular weight excluding hydrogens is 356 g/mol. The molecule has 8 heteroatoms. The number of amides is 1. The van der Waals surface area contributed by atoms with Crippen LogP contribution in [0.3, 0.4) is 0 Å². The molecule has 28 heavy (non-hydrogen) atoms. The first kappa shape index (κ1) is 20.3. The number of hydrogen-bond donors (Lipinski definition) is 1. The topological polar surface area (TPSA) is 99.2 Å². The van der Waals surface area contributed by atoms with Crippen molar-refractivity contribution < 1.29 is 9.53 Å². The van der Waals surface area contributed by atoms with Gasteiger partial charge in [-0.15, -0.1) is 5.10 Å². The molecule has 0 spiro atoms. The Morgan fingerprint density at radius 2 is 2.00 bits per heavy atom. The number of tetrazole rings is 1. The molecule has 0 radical (unpaired) electrons. The molecule has 8 nitrogen and oxygen atoms in total. The smallest absolute Gasteiger partial charge is 0.220 e. The van der Waals surface area contributed by atoms with Crippen LogP contribution < -0.4 is 10.5 Å². The van der Waals surface area contributed by atoms with E-state index in [4.69, 9.17) is 10.5 Å². The van der Waals surface area contributed by atoms with Crippen LogP contribution in [0.4, 0.5) is 0 Å². The number of para-hydroxylation sites is 1. The SMILES string of the molecule is CCC(C)(C)n1nnnc1[C@H](c1ccccc1OC)N1CCC(C(N)=O)CC1. The van der Waals surface area contributed by atoms with Crippen LogP contribution in [0.15, 0.2) is 24.3 Å². The summed E-state index contributed by atoms with van der Waals surface area (Å²) in [6.07, 6.45) is 2.37. The van der Waals surface area contributed by atoms with E-state index in [1.54, 1.807) is 7.11 Å². The van der Waals surface area contributed by atoms with Gasteiger partial charge in [0.05, 0.1) is 12.6 Å². The second-order valence-electron chi connectivity index (χ2n) is 7.97. The lowest BCUT2D eigenvalue weighted by molar-refractivity contribution is -0.123. The molecule has 1 saturated heterocycles. The fourth-order valence-corrected chi connectivity index (χ4v) is 3.78. The highest BCUT2D eigenvalue weighted by Gasteiger charge is 2.36. The van der Waals surface area contributed by atoms with Crippen LogP contribution in [0.5, 0.6) is 5.75 Å². The first-order chi connectivity index (χ1) is 13.4. The Morgan fingerprint density at radius 1 is 1.32 bits per heavy atom. The number of nitrogens with two attached hydrogens (primary N) is 1. The number of aromatic nitrogens is 4. The monoisotopic (exact) mass is 386 g/mol. The van der Waals surface area contributed by atoms with Gasteiger partial charge < -0.3 is 10.5 Å². The number of hydrogen-bond acceptors (Lipinski definition) is 6. The Hall–Kier alpha value is -2.48.